The second-order valence-electron chi connectivity index (χ2n) is 4.56. The molecular weight excluding hydrogens is 214 g/mol. The Balaban J connectivity index is 2.86. The van der Waals surface area contributed by atoms with Crippen molar-refractivity contribution in [3.05, 3.63) is 30.1 Å². The number of rotatable bonds is 6. The number of ether oxygens (including phenoxy) is 1. The zero-order valence-electron chi connectivity index (χ0n) is 11.1. The lowest BCUT2D eigenvalue weighted by Crippen LogP contribution is -2.43. The molecule has 0 aliphatic rings. The fourth-order valence-electron chi connectivity index (χ4n) is 2.09. The molecule has 0 spiro atoms. The van der Waals surface area contributed by atoms with Crippen LogP contribution < -0.4 is 5.73 Å². The van der Waals surface area contributed by atoms with Gasteiger partial charge in [0.1, 0.15) is 0 Å². The number of nitrogens with zero attached hydrogens (tertiary/aromatic N) is 2. The van der Waals surface area contributed by atoms with Gasteiger partial charge in [-0.25, -0.2) is 0 Å². The predicted octanol–water partition coefficient (Wildman–Crippen LogP) is 1.44. The lowest BCUT2D eigenvalue weighted by atomic mass is 10.00. The molecule has 0 aromatic carbocycles. The van der Waals surface area contributed by atoms with Gasteiger partial charge in [0.15, 0.2) is 0 Å². The van der Waals surface area contributed by atoms with Gasteiger partial charge in [-0.3, -0.25) is 9.88 Å². The second kappa shape index (κ2) is 6.69. The molecule has 1 rings (SSSR count). The first-order valence-electron chi connectivity index (χ1n) is 5.94. The lowest BCUT2D eigenvalue weighted by Gasteiger charge is -2.35. The molecule has 0 amide bonds. The third kappa shape index (κ3) is 3.77. The number of hydrogen-bond acceptors (Lipinski definition) is 4. The van der Waals surface area contributed by atoms with E-state index in [1.165, 1.54) is 0 Å². The van der Waals surface area contributed by atoms with Gasteiger partial charge in [0, 0.05) is 31.6 Å². The van der Waals surface area contributed by atoms with E-state index >= 15 is 0 Å². The molecule has 0 saturated carbocycles. The maximum Gasteiger partial charge on any atom is 0.0615 e. The number of likely N-dealkylation sites (N-methyl/N-ethyl adjacent to an activating group) is 1. The van der Waals surface area contributed by atoms with Gasteiger partial charge < -0.3 is 10.5 Å². The molecule has 4 heteroatoms. The minimum absolute atomic E-state index is 0.0449. The zero-order valence-corrected chi connectivity index (χ0v) is 11.1. The van der Waals surface area contributed by atoms with Crippen molar-refractivity contribution in [2.45, 2.75) is 32.0 Å². The molecule has 0 bridgehead atoms. The van der Waals surface area contributed by atoms with Gasteiger partial charge in [-0.1, -0.05) is 6.07 Å². The summed E-state index contributed by atoms with van der Waals surface area (Å²) < 4.78 is 5.19. The van der Waals surface area contributed by atoms with Gasteiger partial charge in [0.05, 0.1) is 12.6 Å². The Kier molecular flexibility index (Phi) is 5.55. The van der Waals surface area contributed by atoms with Gasteiger partial charge in [-0.15, -0.1) is 0 Å². The van der Waals surface area contributed by atoms with Crippen LogP contribution in [0.2, 0.25) is 0 Å². The summed E-state index contributed by atoms with van der Waals surface area (Å²) in [5.74, 6) is 0. The predicted molar refractivity (Wildman–Crippen MR) is 69.7 cm³/mol. The molecule has 1 aromatic rings. The minimum Gasteiger partial charge on any atom is -0.383 e. The highest BCUT2D eigenvalue weighted by atomic mass is 16.5. The summed E-state index contributed by atoms with van der Waals surface area (Å²) in [6.07, 6.45) is 3.66. The standard InChI is InChI=1S/C13H23N3O/c1-10(9-17-4)16(3)13(11(2)14)12-6-5-7-15-8-12/h5-8,10-11,13H,9,14H2,1-4H3. The summed E-state index contributed by atoms with van der Waals surface area (Å²) in [5, 5.41) is 0. The van der Waals surface area contributed by atoms with Crippen LogP contribution in [0.25, 0.3) is 0 Å². The average Bonchev–Trinajstić information content (AvgIpc) is 2.30. The smallest absolute Gasteiger partial charge is 0.0615 e. The first-order valence-corrected chi connectivity index (χ1v) is 5.94. The summed E-state index contributed by atoms with van der Waals surface area (Å²) in [6, 6.07) is 4.53. The highest BCUT2D eigenvalue weighted by Gasteiger charge is 2.24. The first kappa shape index (κ1) is 14.1. The molecule has 4 nitrogen and oxygen atoms in total. The van der Waals surface area contributed by atoms with E-state index in [1.807, 2.05) is 19.2 Å². The van der Waals surface area contributed by atoms with Gasteiger partial charge in [0.2, 0.25) is 0 Å². The molecule has 1 heterocycles. The fraction of sp³-hybridized carbons (Fsp3) is 0.615. The molecule has 0 aliphatic carbocycles. The molecule has 0 aliphatic heterocycles. The Labute approximate surface area is 104 Å². The van der Waals surface area contributed by atoms with Gasteiger partial charge >= 0.3 is 0 Å². The summed E-state index contributed by atoms with van der Waals surface area (Å²) in [5.41, 5.74) is 7.24. The summed E-state index contributed by atoms with van der Waals surface area (Å²) in [6.45, 7) is 4.85. The third-order valence-corrected chi connectivity index (χ3v) is 3.07. The van der Waals surface area contributed by atoms with Crippen molar-refractivity contribution in [3.63, 3.8) is 0 Å². The van der Waals surface area contributed by atoms with Crippen LogP contribution in [0.1, 0.15) is 25.5 Å². The number of methoxy groups -OCH3 is 1. The van der Waals surface area contributed by atoms with Crippen LogP contribution in [0.3, 0.4) is 0 Å². The highest BCUT2D eigenvalue weighted by Crippen LogP contribution is 2.23. The van der Waals surface area contributed by atoms with E-state index in [-0.39, 0.29) is 12.1 Å². The molecule has 2 N–H and O–H groups in total. The normalized spacial score (nSPS) is 16.8. The maximum absolute atomic E-state index is 6.09. The summed E-state index contributed by atoms with van der Waals surface area (Å²) in [7, 11) is 3.79. The Hall–Kier alpha value is -0.970. The number of nitrogens with two attached hydrogens (primary N) is 1. The molecule has 3 unspecified atom stereocenters. The third-order valence-electron chi connectivity index (χ3n) is 3.07. The molecule has 0 saturated heterocycles. The van der Waals surface area contributed by atoms with Crippen LogP contribution >= 0.6 is 0 Å². The Morgan fingerprint density at radius 3 is 2.65 bits per heavy atom. The van der Waals surface area contributed by atoms with Crippen molar-refractivity contribution in [1.29, 1.82) is 0 Å². The van der Waals surface area contributed by atoms with E-state index < -0.39 is 0 Å². The van der Waals surface area contributed by atoms with Crippen molar-refractivity contribution in [2.75, 3.05) is 20.8 Å². The SMILES string of the molecule is COCC(C)N(C)C(c1cccnc1)C(C)N. The minimum atomic E-state index is 0.0449. The van der Waals surface area contributed by atoms with Crippen LogP contribution in [0.15, 0.2) is 24.5 Å². The first-order chi connectivity index (χ1) is 8.07. The van der Waals surface area contributed by atoms with E-state index in [1.54, 1.807) is 13.3 Å². The molecule has 1 aromatic heterocycles. The molecule has 96 valence electrons. The molecule has 0 radical (unpaired) electrons. The van der Waals surface area contributed by atoms with E-state index in [4.69, 9.17) is 10.5 Å². The number of pyridine rings is 1. The fourth-order valence-corrected chi connectivity index (χ4v) is 2.09. The van der Waals surface area contributed by atoms with Crippen LogP contribution in [0.5, 0.6) is 0 Å². The average molecular weight is 237 g/mol. The molecule has 0 fully saturated rings. The highest BCUT2D eigenvalue weighted by molar-refractivity contribution is 5.16. The van der Waals surface area contributed by atoms with Crippen molar-refractivity contribution in [2.24, 2.45) is 5.73 Å². The van der Waals surface area contributed by atoms with E-state index in [9.17, 15) is 0 Å². The van der Waals surface area contributed by atoms with Crippen molar-refractivity contribution in [3.8, 4) is 0 Å². The van der Waals surface area contributed by atoms with Crippen LogP contribution in [-0.4, -0.2) is 42.7 Å². The topological polar surface area (TPSA) is 51.4 Å². The number of hydrogen-bond donors (Lipinski definition) is 1. The summed E-state index contributed by atoms with van der Waals surface area (Å²) >= 11 is 0. The largest absolute Gasteiger partial charge is 0.383 e. The monoisotopic (exact) mass is 237 g/mol. The van der Waals surface area contributed by atoms with Gasteiger partial charge in [0.25, 0.3) is 0 Å². The van der Waals surface area contributed by atoms with Crippen molar-refractivity contribution >= 4 is 0 Å². The lowest BCUT2D eigenvalue weighted by molar-refractivity contribution is 0.0818. The Morgan fingerprint density at radius 2 is 2.18 bits per heavy atom. The molecule has 3 atom stereocenters. The van der Waals surface area contributed by atoms with E-state index in [2.05, 4.69) is 29.9 Å². The zero-order chi connectivity index (χ0) is 12.8. The summed E-state index contributed by atoms with van der Waals surface area (Å²) in [4.78, 5) is 6.40. The Bertz CT molecular complexity index is 316. The van der Waals surface area contributed by atoms with Gasteiger partial charge in [-0.2, -0.15) is 0 Å². The molecular formula is C13H23N3O. The van der Waals surface area contributed by atoms with Crippen LogP contribution in [0, 0.1) is 0 Å². The van der Waals surface area contributed by atoms with E-state index in [0.717, 1.165) is 5.56 Å². The number of aromatic nitrogens is 1. The Morgan fingerprint density at radius 1 is 1.47 bits per heavy atom. The van der Waals surface area contributed by atoms with Crippen molar-refractivity contribution in [1.82, 2.24) is 9.88 Å². The van der Waals surface area contributed by atoms with E-state index in [0.29, 0.717) is 12.6 Å². The van der Waals surface area contributed by atoms with Crippen LogP contribution in [-0.2, 0) is 4.74 Å². The van der Waals surface area contributed by atoms with Crippen LogP contribution in [0.4, 0.5) is 0 Å². The maximum atomic E-state index is 6.09. The quantitative estimate of drug-likeness (QED) is 0.813. The van der Waals surface area contributed by atoms with Gasteiger partial charge in [-0.05, 0) is 32.5 Å². The second-order valence-corrected chi connectivity index (χ2v) is 4.56. The molecule has 17 heavy (non-hydrogen) atoms. The van der Waals surface area contributed by atoms with Crippen molar-refractivity contribution < 1.29 is 4.74 Å².